The fourth-order valence-electron chi connectivity index (χ4n) is 1.60. The summed E-state index contributed by atoms with van der Waals surface area (Å²) in [6, 6.07) is 0.514. The molecule has 1 atom stereocenters. The molecule has 2 heterocycles. The Bertz CT molecular complexity index is 273. The van der Waals surface area contributed by atoms with Crippen molar-refractivity contribution in [3.05, 3.63) is 11.9 Å². The van der Waals surface area contributed by atoms with E-state index < -0.39 is 0 Å². The van der Waals surface area contributed by atoms with Crippen LogP contribution < -0.4 is 5.32 Å². The highest BCUT2D eigenvalue weighted by atomic mass is 15.4. The van der Waals surface area contributed by atoms with Crippen LogP contribution in [0.5, 0.6) is 0 Å². The maximum Gasteiger partial charge on any atom is 0.0852 e. The van der Waals surface area contributed by atoms with E-state index in [0.717, 1.165) is 18.8 Å². The van der Waals surface area contributed by atoms with E-state index in [4.69, 9.17) is 0 Å². The topological polar surface area (TPSA) is 42.7 Å². The molecule has 0 spiro atoms. The molecule has 4 heteroatoms. The molecule has 2 rings (SSSR count). The van der Waals surface area contributed by atoms with Gasteiger partial charge < -0.3 is 5.32 Å². The summed E-state index contributed by atoms with van der Waals surface area (Å²) in [7, 11) is 0. The average molecular weight is 180 g/mol. The number of rotatable bonds is 2. The van der Waals surface area contributed by atoms with Gasteiger partial charge in [0.1, 0.15) is 0 Å². The van der Waals surface area contributed by atoms with Crippen molar-refractivity contribution in [2.45, 2.75) is 32.2 Å². The Balaban J connectivity index is 2.12. The normalized spacial score (nSPS) is 22.8. The van der Waals surface area contributed by atoms with Gasteiger partial charge in [0, 0.05) is 12.7 Å². The number of hydrogen-bond acceptors (Lipinski definition) is 3. The van der Waals surface area contributed by atoms with Gasteiger partial charge in [-0.2, -0.15) is 0 Å². The van der Waals surface area contributed by atoms with Crippen LogP contribution in [0.15, 0.2) is 6.20 Å². The van der Waals surface area contributed by atoms with E-state index in [2.05, 4.69) is 35.7 Å². The molecule has 0 bridgehead atoms. The van der Waals surface area contributed by atoms with E-state index in [1.165, 1.54) is 6.42 Å². The first-order valence-electron chi connectivity index (χ1n) is 4.90. The Morgan fingerprint density at radius 3 is 3.00 bits per heavy atom. The zero-order valence-electron chi connectivity index (χ0n) is 8.20. The third-order valence-corrected chi connectivity index (χ3v) is 2.53. The molecule has 1 fully saturated rings. The van der Waals surface area contributed by atoms with Crippen molar-refractivity contribution in [2.24, 2.45) is 0 Å². The second kappa shape index (κ2) is 3.46. The largest absolute Gasteiger partial charge is 0.315 e. The number of nitrogens with zero attached hydrogens (tertiary/aromatic N) is 3. The lowest BCUT2D eigenvalue weighted by molar-refractivity contribution is 0.476. The first-order valence-corrected chi connectivity index (χ1v) is 4.90. The molecule has 0 aliphatic carbocycles. The first-order chi connectivity index (χ1) is 6.27. The summed E-state index contributed by atoms with van der Waals surface area (Å²) < 4.78 is 2.00. The molecule has 4 nitrogen and oxygen atoms in total. The van der Waals surface area contributed by atoms with Gasteiger partial charge >= 0.3 is 0 Å². The Kier molecular flexibility index (Phi) is 2.31. The smallest absolute Gasteiger partial charge is 0.0852 e. The SMILES string of the molecule is CC(C)c1cn(C2CCNC2)nn1. The third-order valence-electron chi connectivity index (χ3n) is 2.53. The number of hydrogen-bond donors (Lipinski definition) is 1. The van der Waals surface area contributed by atoms with E-state index in [9.17, 15) is 0 Å². The summed E-state index contributed by atoms with van der Waals surface area (Å²) in [6.45, 7) is 6.41. The molecule has 0 amide bonds. The zero-order valence-corrected chi connectivity index (χ0v) is 8.20. The van der Waals surface area contributed by atoms with Crippen LogP contribution in [0.25, 0.3) is 0 Å². The summed E-state index contributed by atoms with van der Waals surface area (Å²) in [5.41, 5.74) is 1.09. The molecular formula is C9H16N4. The molecule has 0 saturated carbocycles. The maximum atomic E-state index is 4.15. The molecule has 1 aromatic rings. The van der Waals surface area contributed by atoms with Crippen molar-refractivity contribution >= 4 is 0 Å². The van der Waals surface area contributed by atoms with Gasteiger partial charge in [-0.1, -0.05) is 19.1 Å². The zero-order chi connectivity index (χ0) is 9.26. The minimum absolute atomic E-state index is 0.475. The van der Waals surface area contributed by atoms with Crippen molar-refractivity contribution in [2.75, 3.05) is 13.1 Å². The Labute approximate surface area is 78.3 Å². The molecule has 0 radical (unpaired) electrons. The lowest BCUT2D eigenvalue weighted by Crippen LogP contribution is -2.13. The van der Waals surface area contributed by atoms with Crippen LogP contribution in [-0.2, 0) is 0 Å². The molecule has 1 aliphatic heterocycles. The van der Waals surface area contributed by atoms with E-state index in [1.54, 1.807) is 0 Å². The monoisotopic (exact) mass is 180 g/mol. The number of nitrogens with one attached hydrogen (secondary N) is 1. The predicted octanol–water partition coefficient (Wildman–Crippen LogP) is 0.936. The Morgan fingerprint density at radius 1 is 1.62 bits per heavy atom. The molecule has 1 saturated heterocycles. The number of aromatic nitrogens is 3. The van der Waals surface area contributed by atoms with Gasteiger partial charge in [0.25, 0.3) is 0 Å². The highest BCUT2D eigenvalue weighted by molar-refractivity contribution is 4.99. The van der Waals surface area contributed by atoms with Gasteiger partial charge in [-0.25, -0.2) is 4.68 Å². The van der Waals surface area contributed by atoms with E-state index in [1.807, 2.05) is 4.68 Å². The van der Waals surface area contributed by atoms with Gasteiger partial charge in [-0.15, -0.1) is 5.10 Å². The van der Waals surface area contributed by atoms with Crippen molar-refractivity contribution in [3.63, 3.8) is 0 Å². The van der Waals surface area contributed by atoms with Crippen LogP contribution in [0.2, 0.25) is 0 Å². The molecular weight excluding hydrogens is 164 g/mol. The second-order valence-corrected chi connectivity index (χ2v) is 3.92. The molecule has 72 valence electrons. The van der Waals surface area contributed by atoms with Gasteiger partial charge in [0.2, 0.25) is 0 Å². The van der Waals surface area contributed by atoms with Crippen LogP contribution >= 0.6 is 0 Å². The highest BCUT2D eigenvalue weighted by Gasteiger charge is 2.18. The van der Waals surface area contributed by atoms with E-state index >= 15 is 0 Å². The van der Waals surface area contributed by atoms with Crippen LogP contribution in [0.1, 0.15) is 37.9 Å². The van der Waals surface area contributed by atoms with Crippen molar-refractivity contribution in [1.29, 1.82) is 0 Å². The maximum absolute atomic E-state index is 4.15. The molecule has 0 aromatic carbocycles. The fraction of sp³-hybridized carbons (Fsp3) is 0.778. The lowest BCUT2D eigenvalue weighted by atomic mass is 10.1. The predicted molar refractivity (Wildman–Crippen MR) is 50.6 cm³/mol. The average Bonchev–Trinajstić information content (AvgIpc) is 2.75. The van der Waals surface area contributed by atoms with Gasteiger partial charge in [0.15, 0.2) is 0 Å². The summed E-state index contributed by atoms with van der Waals surface area (Å²) >= 11 is 0. The summed E-state index contributed by atoms with van der Waals surface area (Å²) in [4.78, 5) is 0. The molecule has 13 heavy (non-hydrogen) atoms. The van der Waals surface area contributed by atoms with Crippen molar-refractivity contribution < 1.29 is 0 Å². The standard InChI is InChI=1S/C9H16N4/c1-7(2)9-6-13(12-11-9)8-3-4-10-5-8/h6-8,10H,3-5H2,1-2H3. The highest BCUT2D eigenvalue weighted by Crippen LogP contribution is 2.16. The van der Waals surface area contributed by atoms with Crippen LogP contribution in [0.3, 0.4) is 0 Å². The minimum atomic E-state index is 0.475. The molecule has 1 N–H and O–H groups in total. The van der Waals surface area contributed by atoms with Crippen molar-refractivity contribution in [1.82, 2.24) is 20.3 Å². The van der Waals surface area contributed by atoms with Gasteiger partial charge in [0.05, 0.1) is 11.7 Å². The minimum Gasteiger partial charge on any atom is -0.315 e. The fourth-order valence-corrected chi connectivity index (χ4v) is 1.60. The lowest BCUT2D eigenvalue weighted by Gasteiger charge is -2.06. The van der Waals surface area contributed by atoms with E-state index in [-0.39, 0.29) is 0 Å². The summed E-state index contributed by atoms with van der Waals surface area (Å²) in [6.07, 6.45) is 3.24. The van der Waals surface area contributed by atoms with Crippen LogP contribution in [0.4, 0.5) is 0 Å². The molecule has 1 aromatic heterocycles. The van der Waals surface area contributed by atoms with Gasteiger partial charge in [-0.3, -0.25) is 0 Å². The summed E-state index contributed by atoms with van der Waals surface area (Å²) in [5.74, 6) is 0.475. The first kappa shape index (κ1) is 8.69. The van der Waals surface area contributed by atoms with Crippen LogP contribution in [0, 0.1) is 0 Å². The Morgan fingerprint density at radius 2 is 2.46 bits per heavy atom. The molecule has 1 unspecified atom stereocenters. The third kappa shape index (κ3) is 1.72. The van der Waals surface area contributed by atoms with Crippen LogP contribution in [-0.4, -0.2) is 28.1 Å². The Hall–Kier alpha value is -0.900. The van der Waals surface area contributed by atoms with Gasteiger partial charge in [-0.05, 0) is 18.9 Å². The molecule has 1 aliphatic rings. The second-order valence-electron chi connectivity index (χ2n) is 3.92. The van der Waals surface area contributed by atoms with E-state index in [0.29, 0.717) is 12.0 Å². The van der Waals surface area contributed by atoms with Crippen molar-refractivity contribution in [3.8, 4) is 0 Å². The quantitative estimate of drug-likeness (QED) is 0.736. The summed E-state index contributed by atoms with van der Waals surface area (Å²) in [5, 5.41) is 11.6.